The Morgan fingerprint density at radius 3 is 2.27 bits per heavy atom. The van der Waals surface area contributed by atoms with Crippen LogP contribution in [0.25, 0.3) is 0 Å². The van der Waals surface area contributed by atoms with Crippen molar-refractivity contribution in [2.45, 2.75) is 131 Å². The van der Waals surface area contributed by atoms with Crippen LogP contribution >= 0.6 is 0 Å². The summed E-state index contributed by atoms with van der Waals surface area (Å²) in [5, 5.41) is 9.36. The zero-order valence-corrected chi connectivity index (χ0v) is 24.5. The summed E-state index contributed by atoms with van der Waals surface area (Å²) in [4.78, 5) is 17.1. The molecule has 0 amide bonds. The molecule has 8 aliphatic rings. The summed E-state index contributed by atoms with van der Waals surface area (Å²) in [7, 11) is 0. The molecule has 11 heteroatoms. The minimum Gasteiger partial charge on any atom is -0.361 e. The van der Waals surface area contributed by atoms with Crippen LogP contribution in [0.3, 0.4) is 0 Å². The van der Waals surface area contributed by atoms with Gasteiger partial charge in [-0.1, -0.05) is 0 Å². The van der Waals surface area contributed by atoms with Crippen LogP contribution in [0.15, 0.2) is 0 Å². The maximum absolute atomic E-state index is 6.44. The van der Waals surface area contributed by atoms with Gasteiger partial charge in [-0.15, -0.1) is 0 Å². The zero-order chi connectivity index (χ0) is 27.4. The Morgan fingerprint density at radius 1 is 0.707 bits per heavy atom. The number of rotatable bonds is 16. The molecule has 4 saturated heterocycles. The lowest BCUT2D eigenvalue weighted by Crippen LogP contribution is -2.43. The summed E-state index contributed by atoms with van der Waals surface area (Å²) in [5.41, 5.74) is 0.796. The van der Waals surface area contributed by atoms with E-state index in [1.807, 2.05) is 0 Å². The molecule has 4 heterocycles. The predicted molar refractivity (Wildman–Crippen MR) is 145 cm³/mol. The Hall–Kier alpha value is -0.440. The highest BCUT2D eigenvalue weighted by Crippen LogP contribution is 2.58. The van der Waals surface area contributed by atoms with Gasteiger partial charge < -0.3 is 23.7 Å². The second kappa shape index (κ2) is 10.9. The fraction of sp³-hybridized carbons (Fsp3) is 1.00. The standard InChI is InChI=1S/C30H49N3O8/c1-4-27(9-10-27)31-23(1)34-15-17-36-30(37-18-16-35-25-3-5-28(40-25)11-12-28)21-29(30)6-2-24(32-29)41-39-20-19-38-33-14-13-26(22-33)7-8-26/h23-25,31-32H,1-22H2. The van der Waals surface area contributed by atoms with Gasteiger partial charge in [-0.2, -0.15) is 5.06 Å². The lowest BCUT2D eigenvalue weighted by atomic mass is 10.1. The Labute approximate surface area is 243 Å². The topological polar surface area (TPSA) is 101 Å². The number of ether oxygens (including phenoxy) is 5. The molecule has 0 radical (unpaired) electrons. The molecule has 41 heavy (non-hydrogen) atoms. The molecule has 8 rings (SSSR count). The Morgan fingerprint density at radius 2 is 1.54 bits per heavy atom. The molecule has 4 spiro atoms. The van der Waals surface area contributed by atoms with E-state index in [0.29, 0.717) is 50.6 Å². The molecule has 0 aromatic rings. The third-order valence-corrected chi connectivity index (χ3v) is 11.1. The molecule has 5 atom stereocenters. The highest BCUT2D eigenvalue weighted by molar-refractivity contribution is 5.22. The highest BCUT2D eigenvalue weighted by Gasteiger charge is 2.73. The van der Waals surface area contributed by atoms with E-state index in [1.54, 1.807) is 0 Å². The Bertz CT molecular complexity index is 905. The first kappa shape index (κ1) is 28.1. The van der Waals surface area contributed by atoms with Gasteiger partial charge in [0, 0.05) is 31.5 Å². The van der Waals surface area contributed by atoms with Crippen molar-refractivity contribution < 1.29 is 38.3 Å². The predicted octanol–water partition coefficient (Wildman–Crippen LogP) is 2.88. The second-order valence-corrected chi connectivity index (χ2v) is 14.2. The van der Waals surface area contributed by atoms with E-state index < -0.39 is 5.79 Å². The molecule has 0 aromatic heterocycles. The van der Waals surface area contributed by atoms with Crippen molar-refractivity contribution >= 4 is 0 Å². The lowest BCUT2D eigenvalue weighted by Gasteiger charge is -2.25. The molecule has 8 fully saturated rings. The minimum absolute atomic E-state index is 0.1000. The summed E-state index contributed by atoms with van der Waals surface area (Å²) >= 11 is 0. The van der Waals surface area contributed by atoms with Crippen molar-refractivity contribution in [3.05, 3.63) is 0 Å². The molecule has 0 bridgehead atoms. The van der Waals surface area contributed by atoms with Crippen LogP contribution < -0.4 is 10.6 Å². The number of hydrogen-bond acceptors (Lipinski definition) is 11. The number of nitrogens with one attached hydrogen (secondary N) is 2. The fourth-order valence-corrected chi connectivity index (χ4v) is 7.78. The van der Waals surface area contributed by atoms with Crippen molar-refractivity contribution in [1.82, 2.24) is 15.7 Å². The van der Waals surface area contributed by atoms with E-state index >= 15 is 0 Å². The van der Waals surface area contributed by atoms with E-state index in [2.05, 4.69) is 15.7 Å². The van der Waals surface area contributed by atoms with Crippen LogP contribution in [0.2, 0.25) is 0 Å². The SMILES string of the molecule is C(CON1CCC2(CC2)C1)OOC1CCC2(CC2(OCCOC2CCC3(CC3)N2)OCCOC2CCC3(CC3)O2)N1. The van der Waals surface area contributed by atoms with Crippen molar-refractivity contribution in [2.75, 3.05) is 52.7 Å². The van der Waals surface area contributed by atoms with Crippen molar-refractivity contribution in [2.24, 2.45) is 5.41 Å². The van der Waals surface area contributed by atoms with Crippen LogP contribution in [-0.4, -0.2) is 99.0 Å². The van der Waals surface area contributed by atoms with Gasteiger partial charge >= 0.3 is 0 Å². The van der Waals surface area contributed by atoms with Crippen LogP contribution in [0.4, 0.5) is 0 Å². The van der Waals surface area contributed by atoms with E-state index in [1.165, 1.54) is 51.4 Å². The molecule has 4 aliphatic carbocycles. The third kappa shape index (κ3) is 6.11. The average molecular weight is 580 g/mol. The van der Waals surface area contributed by atoms with E-state index in [4.69, 9.17) is 38.3 Å². The number of nitrogens with zero attached hydrogens (tertiary/aromatic N) is 1. The molecule has 5 unspecified atom stereocenters. The van der Waals surface area contributed by atoms with Crippen molar-refractivity contribution in [3.8, 4) is 0 Å². The molecule has 0 aromatic carbocycles. The normalized spacial score (nSPS) is 40.5. The van der Waals surface area contributed by atoms with E-state index in [-0.39, 0.29) is 29.9 Å². The average Bonchev–Trinajstić information content (AvgIpc) is 3.91. The maximum Gasteiger partial charge on any atom is 0.188 e. The first-order chi connectivity index (χ1) is 20.0. The lowest BCUT2D eigenvalue weighted by molar-refractivity contribution is -0.338. The summed E-state index contributed by atoms with van der Waals surface area (Å²) < 4.78 is 31.1. The molecule has 4 saturated carbocycles. The van der Waals surface area contributed by atoms with Crippen LogP contribution in [0, 0.1) is 5.41 Å². The molecule has 2 N–H and O–H groups in total. The van der Waals surface area contributed by atoms with Gasteiger partial charge in [0.05, 0.1) is 44.2 Å². The zero-order valence-electron chi connectivity index (χ0n) is 24.5. The first-order valence-electron chi connectivity index (χ1n) is 16.4. The maximum atomic E-state index is 6.44. The largest absolute Gasteiger partial charge is 0.361 e. The quantitative estimate of drug-likeness (QED) is 0.122. The fourth-order valence-electron chi connectivity index (χ4n) is 7.78. The molecule has 232 valence electrons. The third-order valence-electron chi connectivity index (χ3n) is 11.1. The molecule has 4 aliphatic heterocycles. The van der Waals surface area contributed by atoms with Crippen LogP contribution in [-0.2, 0) is 38.3 Å². The van der Waals surface area contributed by atoms with Crippen LogP contribution in [0.1, 0.15) is 89.9 Å². The van der Waals surface area contributed by atoms with Gasteiger partial charge in [0.1, 0.15) is 19.1 Å². The van der Waals surface area contributed by atoms with Gasteiger partial charge in [-0.3, -0.25) is 15.5 Å². The highest BCUT2D eigenvalue weighted by atomic mass is 17.2. The van der Waals surface area contributed by atoms with E-state index in [9.17, 15) is 0 Å². The van der Waals surface area contributed by atoms with Crippen LogP contribution in [0.5, 0.6) is 0 Å². The van der Waals surface area contributed by atoms with Gasteiger partial charge in [0.15, 0.2) is 12.1 Å². The van der Waals surface area contributed by atoms with Gasteiger partial charge in [0.2, 0.25) is 0 Å². The van der Waals surface area contributed by atoms with Gasteiger partial charge in [-0.05, 0) is 82.5 Å². The first-order valence-corrected chi connectivity index (χ1v) is 16.4. The van der Waals surface area contributed by atoms with E-state index in [0.717, 1.165) is 51.6 Å². The molecular formula is C30H49N3O8. The second-order valence-electron chi connectivity index (χ2n) is 14.2. The van der Waals surface area contributed by atoms with Gasteiger partial charge in [-0.25, -0.2) is 9.78 Å². The Balaban J connectivity index is 0.770. The smallest absolute Gasteiger partial charge is 0.188 e. The summed E-state index contributed by atoms with van der Waals surface area (Å²) in [6.07, 6.45) is 15.6. The summed E-state index contributed by atoms with van der Waals surface area (Å²) in [6.45, 7) is 4.98. The summed E-state index contributed by atoms with van der Waals surface area (Å²) in [5.74, 6) is -0.704. The van der Waals surface area contributed by atoms with Crippen molar-refractivity contribution in [3.63, 3.8) is 0 Å². The van der Waals surface area contributed by atoms with Gasteiger partial charge in [0.25, 0.3) is 0 Å². The number of hydroxylamine groups is 2. The minimum atomic E-state index is -0.704. The number of hydrogen-bond donors (Lipinski definition) is 2. The molecular weight excluding hydrogens is 530 g/mol. The van der Waals surface area contributed by atoms with Crippen molar-refractivity contribution in [1.29, 1.82) is 0 Å². The molecule has 11 nitrogen and oxygen atoms in total. The summed E-state index contributed by atoms with van der Waals surface area (Å²) in [6, 6.07) is 0. The monoisotopic (exact) mass is 579 g/mol. The Kier molecular flexibility index (Phi) is 7.44.